The van der Waals surface area contributed by atoms with E-state index in [-0.39, 0.29) is 12.0 Å². The van der Waals surface area contributed by atoms with E-state index in [4.69, 9.17) is 4.74 Å². The van der Waals surface area contributed by atoms with Gasteiger partial charge in [0.25, 0.3) is 0 Å². The first kappa shape index (κ1) is 32.3. The van der Waals surface area contributed by atoms with Crippen LogP contribution in [0.1, 0.15) is 34.6 Å². The molecule has 0 fully saturated rings. The second-order valence-corrected chi connectivity index (χ2v) is 15.9. The van der Waals surface area contributed by atoms with Crippen LogP contribution < -0.4 is 15.2 Å². The van der Waals surface area contributed by atoms with E-state index in [0.717, 1.165) is 34.6 Å². The topological polar surface area (TPSA) is 9.23 Å². The van der Waals surface area contributed by atoms with Crippen LogP contribution in [-0.4, -0.2) is 6.10 Å². The Labute approximate surface area is 331 Å². The van der Waals surface area contributed by atoms with Crippen molar-refractivity contribution < 1.29 is 4.74 Å². The van der Waals surface area contributed by atoms with Crippen LogP contribution in [0.3, 0.4) is 0 Å². The molecule has 2 aliphatic carbocycles. The minimum absolute atomic E-state index is 0.0345. The molecule has 0 aromatic heterocycles. The SMILES string of the molecule is C=C/C=c1/c(-c2cc(-c3ccc4ccc5cccc6ccc3c4c56)c3c(c2)C2C=C(c4cc5ccccc5c5ccccc45)C=CC2O3)cc2c(c1=C)CCC=C2. The zero-order chi connectivity index (χ0) is 37.8. The molecule has 12 rings (SSSR count). The molecule has 0 saturated carbocycles. The van der Waals surface area contributed by atoms with Crippen molar-refractivity contribution in [1.82, 2.24) is 0 Å². The molecule has 0 amide bonds. The Kier molecular flexibility index (Phi) is 6.95. The molecule has 0 bridgehead atoms. The van der Waals surface area contributed by atoms with Crippen LogP contribution in [0.2, 0.25) is 0 Å². The first-order chi connectivity index (χ1) is 28.1. The van der Waals surface area contributed by atoms with Crippen molar-refractivity contribution in [3.05, 3.63) is 197 Å². The van der Waals surface area contributed by atoms with E-state index in [0.29, 0.717) is 0 Å². The van der Waals surface area contributed by atoms with Crippen LogP contribution in [0.15, 0.2) is 164 Å². The van der Waals surface area contributed by atoms with E-state index in [1.54, 1.807) is 0 Å². The summed E-state index contributed by atoms with van der Waals surface area (Å²) in [5.41, 5.74) is 10.9. The van der Waals surface area contributed by atoms with Gasteiger partial charge in [-0.05, 0) is 146 Å². The first-order valence-electron chi connectivity index (χ1n) is 20.1. The zero-order valence-corrected chi connectivity index (χ0v) is 31.6. The average molecular weight is 727 g/mol. The van der Waals surface area contributed by atoms with Crippen molar-refractivity contribution in [2.45, 2.75) is 24.9 Å². The third kappa shape index (κ3) is 4.76. The highest BCUT2D eigenvalue weighted by Crippen LogP contribution is 2.52. The first-order valence-corrected chi connectivity index (χ1v) is 20.1. The summed E-state index contributed by atoms with van der Waals surface area (Å²) in [6.07, 6.45) is 17.6. The van der Waals surface area contributed by atoms with Crippen LogP contribution >= 0.6 is 0 Å². The molecular formula is C56H38O. The van der Waals surface area contributed by atoms with Crippen LogP contribution in [-0.2, 0) is 6.42 Å². The fraction of sp³-hybridized carbons (Fsp3) is 0.0714. The van der Waals surface area contributed by atoms with Crippen LogP contribution in [0.25, 0.3) is 100 Å². The molecule has 9 aromatic carbocycles. The molecule has 57 heavy (non-hydrogen) atoms. The fourth-order valence-corrected chi connectivity index (χ4v) is 10.3. The van der Waals surface area contributed by atoms with Crippen LogP contribution in [0.4, 0.5) is 0 Å². The minimum atomic E-state index is -0.113. The number of allylic oxidation sites excluding steroid dienone is 4. The Morgan fingerprint density at radius 3 is 2.23 bits per heavy atom. The Morgan fingerprint density at radius 1 is 0.614 bits per heavy atom. The predicted octanol–water partition coefficient (Wildman–Crippen LogP) is 13.1. The van der Waals surface area contributed by atoms with E-state index in [9.17, 15) is 0 Å². The van der Waals surface area contributed by atoms with Gasteiger partial charge in [-0.3, -0.25) is 0 Å². The lowest BCUT2D eigenvalue weighted by molar-refractivity contribution is 0.270. The Hall–Kier alpha value is -6.96. The highest BCUT2D eigenvalue weighted by molar-refractivity contribution is 6.25. The van der Waals surface area contributed by atoms with Crippen molar-refractivity contribution in [2.24, 2.45) is 0 Å². The van der Waals surface area contributed by atoms with Crippen molar-refractivity contribution in [1.29, 1.82) is 0 Å². The summed E-state index contributed by atoms with van der Waals surface area (Å²) >= 11 is 0. The zero-order valence-electron chi connectivity index (χ0n) is 31.6. The summed E-state index contributed by atoms with van der Waals surface area (Å²) in [6, 6.07) is 47.4. The maximum Gasteiger partial charge on any atom is 0.132 e. The van der Waals surface area contributed by atoms with Gasteiger partial charge >= 0.3 is 0 Å². The second kappa shape index (κ2) is 12.3. The summed E-state index contributed by atoms with van der Waals surface area (Å²) in [5.74, 6) is 1.00. The number of fused-ring (bicyclic) bond motifs is 7. The average Bonchev–Trinajstić information content (AvgIpc) is 3.64. The minimum Gasteiger partial charge on any atom is -0.484 e. The van der Waals surface area contributed by atoms with Gasteiger partial charge in [0.2, 0.25) is 0 Å². The fourth-order valence-electron chi connectivity index (χ4n) is 10.3. The Bertz CT molecular complexity index is 3410. The lowest BCUT2D eigenvalue weighted by atomic mass is 9.82. The van der Waals surface area contributed by atoms with Crippen LogP contribution in [0.5, 0.6) is 5.75 Å². The lowest BCUT2D eigenvalue weighted by Crippen LogP contribution is -2.31. The van der Waals surface area contributed by atoms with Gasteiger partial charge in [-0.15, -0.1) is 0 Å². The van der Waals surface area contributed by atoms with Gasteiger partial charge in [0.05, 0.1) is 0 Å². The lowest BCUT2D eigenvalue weighted by Gasteiger charge is -2.20. The summed E-state index contributed by atoms with van der Waals surface area (Å²) < 4.78 is 7.13. The highest BCUT2D eigenvalue weighted by Gasteiger charge is 2.37. The van der Waals surface area contributed by atoms with Crippen molar-refractivity contribution in [3.63, 3.8) is 0 Å². The van der Waals surface area contributed by atoms with E-state index in [1.165, 1.54) is 98.4 Å². The predicted molar refractivity (Wildman–Crippen MR) is 244 cm³/mol. The molecular weight excluding hydrogens is 689 g/mol. The molecule has 1 nitrogen and oxygen atoms in total. The second-order valence-electron chi connectivity index (χ2n) is 15.9. The summed E-state index contributed by atoms with van der Waals surface area (Å²) in [4.78, 5) is 0. The normalized spacial score (nSPS) is 17.3. The smallest absolute Gasteiger partial charge is 0.132 e. The monoisotopic (exact) mass is 726 g/mol. The molecule has 3 aliphatic rings. The quantitative estimate of drug-likeness (QED) is 0.164. The number of rotatable bonds is 4. The van der Waals surface area contributed by atoms with Gasteiger partial charge in [0.15, 0.2) is 0 Å². The van der Waals surface area contributed by atoms with Gasteiger partial charge in [0.1, 0.15) is 11.9 Å². The maximum absolute atomic E-state index is 7.13. The number of ether oxygens (including phenoxy) is 1. The van der Waals surface area contributed by atoms with E-state index < -0.39 is 0 Å². The molecule has 2 unspecified atom stereocenters. The summed E-state index contributed by atoms with van der Waals surface area (Å²) in [5, 5.41) is 15.0. The summed E-state index contributed by atoms with van der Waals surface area (Å²) in [7, 11) is 0. The standard InChI is InChI=1S/C56H38O/c1-3-11-42-33(2)41-16-6-4-12-37(41)28-49(42)40-31-51(46-25-22-36-21-20-34-14-10-15-35-23-26-47(46)55(36)54(34)35)56-52(32-40)50-30-39(24-27-53(50)57-56)48-29-38-13-5-7-17-43(38)44-18-8-9-19-45(44)48/h3-5,7-15,17-32,50,53H,1-2,6,16H2/b42-11+. The molecule has 0 spiro atoms. The van der Waals surface area contributed by atoms with Crippen molar-refractivity contribution >= 4 is 78.2 Å². The van der Waals surface area contributed by atoms with Gasteiger partial charge in [-0.25, -0.2) is 0 Å². The van der Waals surface area contributed by atoms with E-state index in [2.05, 4.69) is 177 Å². The van der Waals surface area contributed by atoms with E-state index >= 15 is 0 Å². The number of hydrogen-bond acceptors (Lipinski definition) is 1. The summed E-state index contributed by atoms with van der Waals surface area (Å²) in [6.45, 7) is 8.82. The molecule has 0 saturated heterocycles. The molecule has 268 valence electrons. The van der Waals surface area contributed by atoms with Gasteiger partial charge in [-0.1, -0.05) is 153 Å². The Morgan fingerprint density at radius 2 is 1.37 bits per heavy atom. The maximum atomic E-state index is 7.13. The van der Waals surface area contributed by atoms with Gasteiger partial charge in [0, 0.05) is 17.0 Å². The van der Waals surface area contributed by atoms with Crippen LogP contribution in [0, 0.1) is 0 Å². The van der Waals surface area contributed by atoms with Gasteiger partial charge in [-0.2, -0.15) is 0 Å². The highest BCUT2D eigenvalue weighted by atomic mass is 16.5. The largest absolute Gasteiger partial charge is 0.484 e. The van der Waals surface area contributed by atoms with Crippen molar-refractivity contribution in [2.75, 3.05) is 0 Å². The van der Waals surface area contributed by atoms with E-state index in [1.807, 2.05) is 6.08 Å². The molecule has 9 aromatic rings. The molecule has 1 aliphatic heterocycles. The molecule has 0 radical (unpaired) electrons. The third-order valence-corrected chi connectivity index (χ3v) is 12.9. The molecule has 1 heterocycles. The van der Waals surface area contributed by atoms with Crippen molar-refractivity contribution in [3.8, 4) is 28.0 Å². The third-order valence-electron chi connectivity index (χ3n) is 12.9. The molecule has 2 atom stereocenters. The number of hydrogen-bond donors (Lipinski definition) is 0. The molecule has 0 N–H and O–H groups in total. The molecule has 1 heteroatoms. The number of benzene rings is 9. The van der Waals surface area contributed by atoms with Gasteiger partial charge < -0.3 is 4.74 Å². The Balaban J connectivity index is 1.13.